The van der Waals surface area contributed by atoms with Gasteiger partial charge >= 0.3 is 5.97 Å². The van der Waals surface area contributed by atoms with Gasteiger partial charge in [0.2, 0.25) is 17.8 Å². The molecule has 2 aliphatic heterocycles. The molecule has 0 bridgehead atoms. The summed E-state index contributed by atoms with van der Waals surface area (Å²) in [5, 5.41) is 12.4. The fourth-order valence-electron chi connectivity index (χ4n) is 4.93. The second-order valence-corrected chi connectivity index (χ2v) is 9.58. The molecule has 0 unspecified atom stereocenters. The Morgan fingerprint density at radius 2 is 1.67 bits per heavy atom. The molecule has 0 aromatic heterocycles. The normalized spacial score (nSPS) is 13.8. The zero-order chi connectivity index (χ0) is 27.2. The van der Waals surface area contributed by atoms with Crippen LogP contribution in [0.1, 0.15) is 42.0 Å². The van der Waals surface area contributed by atoms with Crippen molar-refractivity contribution >= 4 is 29.4 Å². The van der Waals surface area contributed by atoms with Crippen LogP contribution in [0.2, 0.25) is 0 Å². The predicted molar refractivity (Wildman–Crippen MR) is 146 cm³/mol. The van der Waals surface area contributed by atoms with Crippen LogP contribution in [0.25, 0.3) is 0 Å². The summed E-state index contributed by atoms with van der Waals surface area (Å²) in [6.45, 7) is 0.916. The van der Waals surface area contributed by atoms with Crippen molar-refractivity contribution in [2.45, 2.75) is 31.8 Å². The van der Waals surface area contributed by atoms with Gasteiger partial charge in [-0.2, -0.15) is 0 Å². The van der Waals surface area contributed by atoms with Gasteiger partial charge in [-0.15, -0.1) is 0 Å². The Bertz CT molecular complexity index is 1340. The minimum atomic E-state index is -1.05. The third-order valence-corrected chi connectivity index (χ3v) is 6.75. The van der Waals surface area contributed by atoms with Crippen LogP contribution in [0.15, 0.2) is 83.9 Å². The lowest BCUT2D eigenvalue weighted by Gasteiger charge is -2.31. The van der Waals surface area contributed by atoms with Gasteiger partial charge in [0.25, 0.3) is 0 Å². The van der Waals surface area contributed by atoms with Crippen LogP contribution in [0, 0.1) is 0 Å². The lowest BCUT2D eigenvalue weighted by molar-refractivity contribution is -0.145. The lowest BCUT2D eigenvalue weighted by Crippen LogP contribution is -2.39. The SMILES string of the molecule is O=C(O)CN(C(=O)CCCCOc1ccc2c(c1)CN1CC(=O)NC1=N2)C(c1ccccc1)c1ccccc1. The number of aliphatic imine (C=N–C) groups is 1. The Hall–Kier alpha value is -4.66. The first-order valence-corrected chi connectivity index (χ1v) is 13.0. The summed E-state index contributed by atoms with van der Waals surface area (Å²) in [6, 6.07) is 24.2. The topological polar surface area (TPSA) is 112 Å². The number of ether oxygens (including phenoxy) is 1. The minimum Gasteiger partial charge on any atom is -0.494 e. The van der Waals surface area contributed by atoms with E-state index < -0.39 is 12.0 Å². The molecular weight excluding hydrogens is 496 g/mol. The van der Waals surface area contributed by atoms with Crippen LogP contribution in [-0.2, 0) is 20.9 Å². The standard InChI is InChI=1S/C30H30N4O5/c35-26-19-33-18-23-17-24(14-15-25(23)31-30(33)32-26)39-16-8-7-13-27(36)34(20-28(37)38)29(21-9-3-1-4-10-21)22-11-5-2-6-12-22/h1-6,9-12,14-15,17,29H,7-8,13,16,18-20H2,(H,37,38)(H,31,32,35). The number of nitrogens with one attached hydrogen (secondary N) is 1. The zero-order valence-corrected chi connectivity index (χ0v) is 21.5. The first-order chi connectivity index (χ1) is 19.0. The summed E-state index contributed by atoms with van der Waals surface area (Å²) in [6.07, 6.45) is 1.41. The molecule has 2 N–H and O–H groups in total. The molecule has 0 saturated carbocycles. The lowest BCUT2D eigenvalue weighted by atomic mass is 9.96. The fourth-order valence-corrected chi connectivity index (χ4v) is 4.93. The Kier molecular flexibility index (Phi) is 7.86. The maximum Gasteiger partial charge on any atom is 0.323 e. The van der Waals surface area contributed by atoms with Crippen LogP contribution < -0.4 is 10.1 Å². The van der Waals surface area contributed by atoms with Gasteiger partial charge < -0.3 is 19.6 Å². The quantitative estimate of drug-likeness (QED) is 0.367. The molecule has 2 aliphatic rings. The summed E-state index contributed by atoms with van der Waals surface area (Å²) in [5.74, 6) is -0.0383. The number of carbonyl (C=O) groups excluding carboxylic acids is 2. The molecule has 0 atom stereocenters. The van der Waals surface area contributed by atoms with Crippen LogP contribution in [0.3, 0.4) is 0 Å². The fraction of sp³-hybridized carbons (Fsp3) is 0.267. The molecule has 0 spiro atoms. The number of carboxylic acids is 1. The summed E-state index contributed by atoms with van der Waals surface area (Å²) in [4.78, 5) is 44.6. The van der Waals surface area contributed by atoms with Gasteiger partial charge in [0, 0.05) is 18.5 Å². The van der Waals surface area contributed by atoms with Crippen LogP contribution >= 0.6 is 0 Å². The molecule has 3 aromatic carbocycles. The minimum absolute atomic E-state index is 0.0617. The van der Waals surface area contributed by atoms with Crippen molar-refractivity contribution in [1.29, 1.82) is 0 Å². The van der Waals surface area contributed by atoms with Crippen molar-refractivity contribution < 1.29 is 24.2 Å². The van der Waals surface area contributed by atoms with Gasteiger partial charge in [-0.25, -0.2) is 4.99 Å². The van der Waals surface area contributed by atoms with Crippen LogP contribution in [0.4, 0.5) is 5.69 Å². The van der Waals surface area contributed by atoms with Gasteiger partial charge in [0.05, 0.1) is 18.3 Å². The van der Waals surface area contributed by atoms with E-state index >= 15 is 0 Å². The molecule has 9 heteroatoms. The van der Waals surface area contributed by atoms with E-state index in [1.54, 1.807) is 0 Å². The van der Waals surface area contributed by atoms with E-state index in [0.717, 1.165) is 22.4 Å². The molecular formula is C30H30N4O5. The van der Waals surface area contributed by atoms with E-state index in [1.165, 1.54) is 4.90 Å². The van der Waals surface area contributed by atoms with E-state index in [1.807, 2.05) is 83.8 Å². The van der Waals surface area contributed by atoms with Crippen LogP contribution in [0.5, 0.6) is 5.75 Å². The van der Waals surface area contributed by atoms with Gasteiger partial charge in [-0.3, -0.25) is 19.7 Å². The Morgan fingerprint density at radius 3 is 2.33 bits per heavy atom. The number of guanidine groups is 1. The molecule has 3 aromatic rings. The number of rotatable bonds is 11. The van der Waals surface area contributed by atoms with Crippen molar-refractivity contribution in [3.8, 4) is 5.75 Å². The van der Waals surface area contributed by atoms with Crippen molar-refractivity contribution in [3.05, 3.63) is 95.6 Å². The highest BCUT2D eigenvalue weighted by Gasteiger charge is 2.30. The number of unbranched alkanes of at least 4 members (excludes halogenated alkanes) is 1. The van der Waals surface area contributed by atoms with Gasteiger partial charge in [0.1, 0.15) is 18.8 Å². The molecule has 200 valence electrons. The maximum atomic E-state index is 13.4. The van der Waals surface area contributed by atoms with E-state index in [4.69, 9.17) is 4.74 Å². The smallest absolute Gasteiger partial charge is 0.323 e. The third kappa shape index (κ3) is 6.26. The molecule has 0 aliphatic carbocycles. The average Bonchev–Trinajstić information content (AvgIpc) is 3.30. The number of hydrogen-bond donors (Lipinski definition) is 2. The van der Waals surface area contributed by atoms with E-state index in [9.17, 15) is 19.5 Å². The highest BCUT2D eigenvalue weighted by molar-refractivity contribution is 6.05. The molecule has 39 heavy (non-hydrogen) atoms. The first kappa shape index (κ1) is 26.0. The van der Waals surface area contributed by atoms with Gasteiger partial charge in [-0.05, 0) is 42.2 Å². The Labute approximate surface area is 226 Å². The molecule has 2 amide bonds. The number of benzene rings is 3. The van der Waals surface area contributed by atoms with Crippen molar-refractivity contribution in [2.75, 3.05) is 19.7 Å². The largest absolute Gasteiger partial charge is 0.494 e. The highest BCUT2D eigenvalue weighted by Crippen LogP contribution is 2.31. The molecule has 2 heterocycles. The predicted octanol–water partition coefficient (Wildman–Crippen LogP) is 3.87. The Morgan fingerprint density at radius 1 is 0.974 bits per heavy atom. The summed E-state index contributed by atoms with van der Waals surface area (Å²) in [5.41, 5.74) is 3.52. The number of carboxylic acid groups (broad SMARTS) is 1. The number of amides is 2. The van der Waals surface area contributed by atoms with Crippen molar-refractivity contribution in [2.24, 2.45) is 4.99 Å². The van der Waals surface area contributed by atoms with E-state index in [0.29, 0.717) is 44.2 Å². The highest BCUT2D eigenvalue weighted by atomic mass is 16.5. The number of hydrogen-bond acceptors (Lipinski definition) is 6. The number of fused-ring (bicyclic) bond motifs is 2. The Balaban J connectivity index is 1.18. The number of carbonyl (C=O) groups is 3. The molecule has 1 fully saturated rings. The second-order valence-electron chi connectivity index (χ2n) is 9.58. The van der Waals surface area contributed by atoms with Gasteiger partial charge in [0.15, 0.2) is 0 Å². The average molecular weight is 527 g/mol. The van der Waals surface area contributed by atoms with E-state index in [2.05, 4.69) is 10.3 Å². The van der Waals surface area contributed by atoms with Crippen LogP contribution in [-0.4, -0.2) is 58.3 Å². The monoisotopic (exact) mass is 526 g/mol. The summed E-state index contributed by atoms with van der Waals surface area (Å²) < 4.78 is 5.93. The number of nitrogens with zero attached hydrogens (tertiary/aromatic N) is 3. The van der Waals surface area contributed by atoms with Gasteiger partial charge in [-0.1, -0.05) is 60.7 Å². The molecule has 9 nitrogen and oxygen atoms in total. The second kappa shape index (κ2) is 11.8. The molecule has 5 rings (SSSR count). The van der Waals surface area contributed by atoms with Crippen molar-refractivity contribution in [1.82, 2.24) is 15.1 Å². The maximum absolute atomic E-state index is 13.4. The molecule has 0 radical (unpaired) electrons. The first-order valence-electron chi connectivity index (χ1n) is 13.0. The summed E-state index contributed by atoms with van der Waals surface area (Å²) in [7, 11) is 0. The summed E-state index contributed by atoms with van der Waals surface area (Å²) >= 11 is 0. The third-order valence-electron chi connectivity index (χ3n) is 6.75. The van der Waals surface area contributed by atoms with E-state index in [-0.39, 0.29) is 24.8 Å². The molecule has 1 saturated heterocycles. The number of aliphatic carboxylic acids is 1. The van der Waals surface area contributed by atoms with Crippen molar-refractivity contribution in [3.63, 3.8) is 0 Å². The zero-order valence-electron chi connectivity index (χ0n) is 21.5.